The van der Waals surface area contributed by atoms with Gasteiger partial charge in [-0.25, -0.2) is 14.6 Å². The number of hydrogen-bond acceptors (Lipinski definition) is 9. The van der Waals surface area contributed by atoms with Crippen LogP contribution in [0.3, 0.4) is 0 Å². The Morgan fingerprint density at radius 3 is 2.56 bits per heavy atom. The van der Waals surface area contributed by atoms with E-state index in [1.807, 2.05) is 25.3 Å². The summed E-state index contributed by atoms with van der Waals surface area (Å²) in [6.45, 7) is 7.28. The van der Waals surface area contributed by atoms with Gasteiger partial charge in [0, 0.05) is 56.1 Å². The fourth-order valence-corrected chi connectivity index (χ4v) is 6.04. The molecule has 6 rings (SSSR count). The van der Waals surface area contributed by atoms with Crippen LogP contribution in [0.1, 0.15) is 43.0 Å². The van der Waals surface area contributed by atoms with E-state index < -0.39 is 0 Å². The Balaban J connectivity index is 1.25. The van der Waals surface area contributed by atoms with Crippen molar-refractivity contribution in [1.82, 2.24) is 39.7 Å². The second-order valence-corrected chi connectivity index (χ2v) is 10.8. The molecule has 0 amide bonds. The number of H-pyrrole nitrogens is 1. The number of nitrogen functional groups attached to an aromatic ring is 1. The summed E-state index contributed by atoms with van der Waals surface area (Å²) in [5, 5.41) is 16.5. The van der Waals surface area contributed by atoms with Crippen molar-refractivity contribution < 1.29 is 4.74 Å². The van der Waals surface area contributed by atoms with Gasteiger partial charge in [-0.3, -0.25) is 10.00 Å². The highest BCUT2D eigenvalue weighted by Gasteiger charge is 2.30. The van der Waals surface area contributed by atoms with Gasteiger partial charge in [-0.2, -0.15) is 10.2 Å². The lowest BCUT2D eigenvalue weighted by Crippen LogP contribution is -2.49. The number of methoxy groups -OCH3 is 1. The third-order valence-electron chi connectivity index (χ3n) is 8.46. The molecule has 3 aromatic heterocycles. The largest absolute Gasteiger partial charge is 0.495 e. The number of nitrogens with two attached hydrogens (primary N) is 1. The fraction of sp³-hybridized carbons (Fsp3) is 0.500. The highest BCUT2D eigenvalue weighted by Crippen LogP contribution is 2.39. The number of rotatable bonds is 7. The van der Waals surface area contributed by atoms with Crippen LogP contribution in [0.4, 0.5) is 11.5 Å². The number of likely N-dealkylation sites (N-methyl/N-ethyl adjacent to an activating group) is 1. The van der Waals surface area contributed by atoms with Gasteiger partial charge in [0.25, 0.3) is 0 Å². The van der Waals surface area contributed by atoms with Crippen molar-refractivity contribution in [2.75, 3.05) is 51.4 Å². The molecule has 1 saturated carbocycles. The number of ether oxygens (including phenoxy) is 1. The van der Waals surface area contributed by atoms with Gasteiger partial charge in [-0.05, 0) is 51.8 Å². The average molecular weight is 531 g/mol. The minimum atomic E-state index is 0.292. The van der Waals surface area contributed by atoms with Crippen molar-refractivity contribution in [3.8, 4) is 17.0 Å². The summed E-state index contributed by atoms with van der Waals surface area (Å²) in [4.78, 5) is 14.1. The molecule has 4 aromatic rings. The smallest absolute Gasteiger partial charge is 0.164 e. The molecule has 4 N–H and O–H groups in total. The lowest BCUT2D eigenvalue weighted by atomic mass is 9.90. The van der Waals surface area contributed by atoms with Crippen molar-refractivity contribution in [3.63, 3.8) is 0 Å². The molecule has 11 nitrogen and oxygen atoms in total. The van der Waals surface area contributed by atoms with E-state index in [0.717, 1.165) is 70.9 Å². The van der Waals surface area contributed by atoms with Crippen LogP contribution in [-0.2, 0) is 6.54 Å². The van der Waals surface area contributed by atoms with E-state index in [2.05, 4.69) is 53.1 Å². The predicted molar refractivity (Wildman–Crippen MR) is 153 cm³/mol. The molecule has 0 radical (unpaired) electrons. The van der Waals surface area contributed by atoms with E-state index in [4.69, 9.17) is 15.6 Å². The first-order valence-electron chi connectivity index (χ1n) is 13.8. The molecule has 2 fully saturated rings. The Morgan fingerprint density at radius 1 is 1.08 bits per heavy atom. The molecular weight excluding hydrogens is 492 g/mol. The number of aromatic nitrogens is 6. The van der Waals surface area contributed by atoms with Gasteiger partial charge in [0.1, 0.15) is 23.6 Å². The number of nitrogens with one attached hydrogen (secondary N) is 2. The summed E-state index contributed by atoms with van der Waals surface area (Å²) < 4.78 is 7.86. The van der Waals surface area contributed by atoms with Gasteiger partial charge in [-0.1, -0.05) is 6.07 Å². The van der Waals surface area contributed by atoms with Gasteiger partial charge >= 0.3 is 0 Å². The van der Waals surface area contributed by atoms with Crippen molar-refractivity contribution in [2.24, 2.45) is 0 Å². The molecule has 2 aliphatic rings. The van der Waals surface area contributed by atoms with Crippen LogP contribution in [0.2, 0.25) is 0 Å². The number of aromatic amines is 1. The number of fused-ring (bicyclic) bond motifs is 1. The monoisotopic (exact) mass is 530 g/mol. The zero-order valence-electron chi connectivity index (χ0n) is 23.0. The number of nitrogens with zero attached hydrogens (tertiary/aromatic N) is 7. The van der Waals surface area contributed by atoms with E-state index in [9.17, 15) is 0 Å². The summed E-state index contributed by atoms with van der Waals surface area (Å²) in [5.74, 6) is 1.18. The molecule has 0 unspecified atom stereocenters. The Kier molecular flexibility index (Phi) is 7.09. The maximum atomic E-state index is 6.42. The molecule has 0 bridgehead atoms. The molecule has 0 spiro atoms. The molecule has 1 saturated heterocycles. The standard InChI is InChI=1S/C28H38N10O/c1-18-20(16-33-34-18)15-30-23-9-4-19(14-24(23)39-3)26-25-27(29)31-17-32-28(25)38(35-26)22-7-5-21(6-8-22)37-12-10-36(2)11-13-37/h4,9,14,16-17,21-22,30H,5-8,10-13,15H2,1-3H3,(H,33,34)(H2,29,31,32). The number of piperazine rings is 1. The molecule has 39 heavy (non-hydrogen) atoms. The Labute approximate surface area is 228 Å². The van der Waals surface area contributed by atoms with Crippen LogP contribution < -0.4 is 15.8 Å². The molecule has 1 aliphatic carbocycles. The zero-order chi connectivity index (χ0) is 26.9. The summed E-state index contributed by atoms with van der Waals surface area (Å²) in [6.07, 6.45) is 7.96. The highest BCUT2D eigenvalue weighted by atomic mass is 16.5. The van der Waals surface area contributed by atoms with Crippen LogP contribution in [0.5, 0.6) is 5.75 Å². The fourth-order valence-electron chi connectivity index (χ4n) is 6.04. The second-order valence-electron chi connectivity index (χ2n) is 10.8. The summed E-state index contributed by atoms with van der Waals surface area (Å²) >= 11 is 0. The predicted octanol–water partition coefficient (Wildman–Crippen LogP) is 3.46. The van der Waals surface area contributed by atoms with Crippen molar-refractivity contribution in [2.45, 2.75) is 51.2 Å². The maximum absolute atomic E-state index is 6.42. The van der Waals surface area contributed by atoms with Crippen LogP contribution in [0.25, 0.3) is 22.3 Å². The molecule has 1 aromatic carbocycles. The molecule has 4 heterocycles. The van der Waals surface area contributed by atoms with Crippen molar-refractivity contribution in [1.29, 1.82) is 0 Å². The lowest BCUT2D eigenvalue weighted by molar-refractivity contribution is 0.0815. The van der Waals surface area contributed by atoms with Gasteiger partial charge in [0.05, 0.1) is 29.9 Å². The summed E-state index contributed by atoms with van der Waals surface area (Å²) in [5.41, 5.74) is 11.9. The number of aryl methyl sites for hydroxylation is 1. The topological polar surface area (TPSA) is 126 Å². The normalized spacial score (nSPS) is 20.9. The van der Waals surface area contributed by atoms with Gasteiger partial charge < -0.3 is 20.7 Å². The number of hydrogen-bond donors (Lipinski definition) is 3. The third-order valence-corrected chi connectivity index (χ3v) is 8.46. The minimum absolute atomic E-state index is 0.292. The molecule has 0 atom stereocenters. The minimum Gasteiger partial charge on any atom is -0.495 e. The first-order valence-corrected chi connectivity index (χ1v) is 13.8. The Bertz CT molecular complexity index is 1430. The Morgan fingerprint density at radius 2 is 1.85 bits per heavy atom. The number of anilines is 2. The van der Waals surface area contributed by atoms with Crippen LogP contribution in [0.15, 0.2) is 30.7 Å². The summed E-state index contributed by atoms with van der Waals surface area (Å²) in [7, 11) is 3.89. The van der Waals surface area contributed by atoms with Gasteiger partial charge in [0.15, 0.2) is 5.65 Å². The second kappa shape index (κ2) is 10.8. The first kappa shape index (κ1) is 25.6. The van der Waals surface area contributed by atoms with E-state index in [-0.39, 0.29) is 0 Å². The van der Waals surface area contributed by atoms with Crippen molar-refractivity contribution in [3.05, 3.63) is 42.0 Å². The van der Waals surface area contributed by atoms with Crippen LogP contribution >= 0.6 is 0 Å². The third kappa shape index (κ3) is 5.04. The van der Waals surface area contributed by atoms with Crippen molar-refractivity contribution >= 4 is 22.5 Å². The van der Waals surface area contributed by atoms with Gasteiger partial charge in [-0.15, -0.1) is 0 Å². The van der Waals surface area contributed by atoms with Gasteiger partial charge in [0.2, 0.25) is 0 Å². The number of benzene rings is 1. The maximum Gasteiger partial charge on any atom is 0.164 e. The molecule has 206 valence electrons. The quantitative estimate of drug-likeness (QED) is 0.329. The lowest BCUT2D eigenvalue weighted by Gasteiger charge is -2.41. The average Bonchev–Trinajstić information content (AvgIpc) is 3.56. The highest BCUT2D eigenvalue weighted by molar-refractivity contribution is 5.98. The molecule has 11 heteroatoms. The van der Waals surface area contributed by atoms with E-state index in [1.165, 1.54) is 25.9 Å². The Hall–Kier alpha value is -3.70. The zero-order valence-corrected chi connectivity index (χ0v) is 23.0. The van der Waals surface area contributed by atoms with E-state index >= 15 is 0 Å². The molecular formula is C28H38N10O. The summed E-state index contributed by atoms with van der Waals surface area (Å²) in [6, 6.07) is 7.03. The molecule has 1 aliphatic heterocycles. The van der Waals surface area contributed by atoms with Crippen LogP contribution in [-0.4, -0.2) is 86.1 Å². The van der Waals surface area contributed by atoms with E-state index in [1.54, 1.807) is 13.4 Å². The van der Waals surface area contributed by atoms with E-state index in [0.29, 0.717) is 24.4 Å². The SMILES string of the molecule is COc1cc(-c2nn(C3CCC(N4CCN(C)CC4)CC3)c3ncnc(N)c23)ccc1NCc1c[nH]nc1C. The first-order chi connectivity index (χ1) is 19.0. The van der Waals surface area contributed by atoms with Crippen LogP contribution in [0, 0.1) is 6.92 Å².